The molecular formula is C13H16N2O. The molecule has 0 aliphatic heterocycles. The minimum atomic E-state index is 0.368. The van der Waals surface area contributed by atoms with Crippen LogP contribution >= 0.6 is 0 Å². The molecule has 0 aromatic carbocycles. The van der Waals surface area contributed by atoms with Gasteiger partial charge in [0.2, 0.25) is 0 Å². The van der Waals surface area contributed by atoms with Gasteiger partial charge in [-0.3, -0.25) is 4.98 Å². The number of hydrogen-bond donors (Lipinski definition) is 1. The number of hydrogen-bond acceptors (Lipinski definition) is 3. The first-order valence-electron chi connectivity index (χ1n) is 5.65. The molecule has 0 saturated heterocycles. The number of ether oxygens (including phenoxy) is 1. The molecule has 2 rings (SSSR count). The van der Waals surface area contributed by atoms with Crippen molar-refractivity contribution in [2.45, 2.75) is 19.3 Å². The highest BCUT2D eigenvalue weighted by Crippen LogP contribution is 2.26. The Labute approximate surface area is 96.0 Å². The lowest BCUT2D eigenvalue weighted by molar-refractivity contribution is 0.180. The Morgan fingerprint density at radius 3 is 3.00 bits per heavy atom. The molecule has 0 amide bonds. The quantitative estimate of drug-likeness (QED) is 0.780. The SMILES string of the molecule is NCC#Cc1cncc(OCC2CCC2)c1. The van der Waals surface area contributed by atoms with Gasteiger partial charge in [0, 0.05) is 11.8 Å². The van der Waals surface area contributed by atoms with Gasteiger partial charge >= 0.3 is 0 Å². The van der Waals surface area contributed by atoms with E-state index >= 15 is 0 Å². The molecule has 1 saturated carbocycles. The summed E-state index contributed by atoms with van der Waals surface area (Å²) in [6, 6.07) is 1.91. The van der Waals surface area contributed by atoms with Crippen LogP contribution < -0.4 is 10.5 Å². The Balaban J connectivity index is 1.92. The second-order valence-electron chi connectivity index (χ2n) is 4.02. The van der Waals surface area contributed by atoms with Gasteiger partial charge in [-0.05, 0) is 24.8 Å². The highest BCUT2D eigenvalue weighted by atomic mass is 16.5. The van der Waals surface area contributed by atoms with Crippen molar-refractivity contribution in [3.63, 3.8) is 0 Å². The molecule has 0 atom stereocenters. The van der Waals surface area contributed by atoms with Crippen LogP contribution in [0.4, 0.5) is 0 Å². The van der Waals surface area contributed by atoms with Gasteiger partial charge in [0.1, 0.15) is 5.75 Å². The van der Waals surface area contributed by atoms with Crippen LogP contribution in [-0.4, -0.2) is 18.1 Å². The highest BCUT2D eigenvalue weighted by Gasteiger charge is 2.17. The fraction of sp³-hybridized carbons (Fsp3) is 0.462. The molecule has 1 aromatic heterocycles. The Morgan fingerprint density at radius 1 is 1.44 bits per heavy atom. The second-order valence-corrected chi connectivity index (χ2v) is 4.02. The van der Waals surface area contributed by atoms with Gasteiger partial charge < -0.3 is 10.5 Å². The maximum absolute atomic E-state index is 5.67. The first-order chi connectivity index (χ1) is 7.88. The second kappa shape index (κ2) is 5.53. The molecule has 3 nitrogen and oxygen atoms in total. The van der Waals surface area contributed by atoms with Crippen molar-refractivity contribution in [1.29, 1.82) is 0 Å². The predicted octanol–water partition coefficient (Wildman–Crippen LogP) is 1.57. The van der Waals surface area contributed by atoms with Gasteiger partial charge in [0.15, 0.2) is 0 Å². The normalized spacial score (nSPS) is 14.8. The van der Waals surface area contributed by atoms with E-state index in [2.05, 4.69) is 16.8 Å². The third kappa shape index (κ3) is 2.98. The topological polar surface area (TPSA) is 48.1 Å². The van der Waals surface area contributed by atoms with E-state index in [1.54, 1.807) is 12.4 Å². The van der Waals surface area contributed by atoms with Gasteiger partial charge in [-0.15, -0.1) is 0 Å². The van der Waals surface area contributed by atoms with Gasteiger partial charge in [-0.25, -0.2) is 0 Å². The largest absolute Gasteiger partial charge is 0.492 e. The van der Waals surface area contributed by atoms with Gasteiger partial charge in [0.05, 0.1) is 19.3 Å². The third-order valence-corrected chi connectivity index (χ3v) is 2.76. The summed E-state index contributed by atoms with van der Waals surface area (Å²) in [6.45, 7) is 1.17. The first-order valence-corrected chi connectivity index (χ1v) is 5.65. The molecule has 1 aliphatic rings. The molecule has 1 heterocycles. The van der Waals surface area contributed by atoms with Crippen molar-refractivity contribution in [3.05, 3.63) is 24.0 Å². The molecule has 0 radical (unpaired) electrons. The van der Waals surface area contributed by atoms with Gasteiger partial charge in [0.25, 0.3) is 0 Å². The third-order valence-electron chi connectivity index (χ3n) is 2.76. The summed E-state index contributed by atoms with van der Waals surface area (Å²) < 4.78 is 5.67. The standard InChI is InChI=1S/C13H16N2O/c14-6-2-5-12-7-13(9-15-8-12)16-10-11-3-1-4-11/h7-9,11H,1,3-4,6,10,14H2. The van der Waals surface area contributed by atoms with E-state index in [4.69, 9.17) is 10.5 Å². The minimum absolute atomic E-state index is 0.368. The Morgan fingerprint density at radius 2 is 2.31 bits per heavy atom. The number of rotatable bonds is 3. The summed E-state index contributed by atoms with van der Waals surface area (Å²) in [4.78, 5) is 4.09. The molecular weight excluding hydrogens is 200 g/mol. The van der Waals surface area contributed by atoms with E-state index < -0.39 is 0 Å². The highest BCUT2D eigenvalue weighted by molar-refractivity contribution is 5.36. The van der Waals surface area contributed by atoms with Crippen molar-refractivity contribution in [2.24, 2.45) is 11.7 Å². The van der Waals surface area contributed by atoms with Crippen LogP contribution in [0.5, 0.6) is 5.75 Å². The molecule has 1 fully saturated rings. The number of nitrogens with zero attached hydrogens (tertiary/aromatic N) is 1. The van der Waals surface area contributed by atoms with Crippen molar-refractivity contribution < 1.29 is 4.74 Å². The molecule has 0 unspecified atom stereocenters. The van der Waals surface area contributed by atoms with Crippen LogP contribution in [0.2, 0.25) is 0 Å². The lowest BCUT2D eigenvalue weighted by Crippen LogP contribution is -2.19. The van der Waals surface area contributed by atoms with Crippen molar-refractivity contribution in [1.82, 2.24) is 4.98 Å². The number of aromatic nitrogens is 1. The zero-order valence-corrected chi connectivity index (χ0v) is 9.28. The van der Waals surface area contributed by atoms with Gasteiger partial charge in [-0.2, -0.15) is 0 Å². The zero-order valence-electron chi connectivity index (χ0n) is 9.28. The fourth-order valence-corrected chi connectivity index (χ4v) is 1.59. The van der Waals surface area contributed by atoms with Gasteiger partial charge in [-0.1, -0.05) is 18.3 Å². The minimum Gasteiger partial charge on any atom is -0.492 e. The van der Waals surface area contributed by atoms with Crippen molar-refractivity contribution >= 4 is 0 Å². The predicted molar refractivity (Wildman–Crippen MR) is 63.0 cm³/mol. The van der Waals surface area contributed by atoms with Crippen molar-refractivity contribution in [3.8, 4) is 17.6 Å². The first kappa shape index (κ1) is 11.0. The Hall–Kier alpha value is -1.53. The molecule has 3 heteroatoms. The lowest BCUT2D eigenvalue weighted by Gasteiger charge is -2.24. The summed E-state index contributed by atoms with van der Waals surface area (Å²) in [6.07, 6.45) is 7.37. The van der Waals surface area contributed by atoms with Crippen molar-refractivity contribution in [2.75, 3.05) is 13.2 Å². The molecule has 1 aromatic rings. The smallest absolute Gasteiger partial charge is 0.138 e. The molecule has 0 bridgehead atoms. The average Bonchev–Trinajstić information content (AvgIpc) is 2.25. The summed E-state index contributed by atoms with van der Waals surface area (Å²) >= 11 is 0. The molecule has 0 spiro atoms. The monoisotopic (exact) mass is 216 g/mol. The number of nitrogens with two attached hydrogens (primary N) is 1. The summed E-state index contributed by atoms with van der Waals surface area (Å²) in [5, 5.41) is 0. The van der Waals surface area contributed by atoms with Crippen LogP contribution in [0.1, 0.15) is 24.8 Å². The van der Waals surface area contributed by atoms with Crippen LogP contribution in [0, 0.1) is 17.8 Å². The zero-order chi connectivity index (χ0) is 11.2. The Bertz CT molecular complexity index is 402. The number of pyridine rings is 1. The molecule has 1 aliphatic carbocycles. The van der Waals surface area contributed by atoms with Crippen LogP contribution in [0.25, 0.3) is 0 Å². The van der Waals surface area contributed by atoms with Crippen LogP contribution in [0.3, 0.4) is 0 Å². The summed E-state index contributed by atoms with van der Waals surface area (Å²) in [5.74, 6) is 7.28. The Kier molecular flexibility index (Phi) is 3.79. The molecule has 2 N–H and O–H groups in total. The molecule has 84 valence electrons. The van der Waals surface area contributed by atoms with E-state index in [0.29, 0.717) is 6.54 Å². The molecule has 16 heavy (non-hydrogen) atoms. The summed E-state index contributed by atoms with van der Waals surface area (Å²) in [7, 11) is 0. The maximum Gasteiger partial charge on any atom is 0.138 e. The average molecular weight is 216 g/mol. The van der Waals surface area contributed by atoms with E-state index in [9.17, 15) is 0 Å². The van der Waals surface area contributed by atoms with E-state index in [0.717, 1.165) is 23.8 Å². The van der Waals surface area contributed by atoms with E-state index in [-0.39, 0.29) is 0 Å². The van der Waals surface area contributed by atoms with E-state index in [1.807, 2.05) is 6.07 Å². The lowest BCUT2D eigenvalue weighted by atomic mass is 9.86. The summed E-state index contributed by atoms with van der Waals surface area (Å²) in [5.41, 5.74) is 6.17. The fourth-order valence-electron chi connectivity index (χ4n) is 1.59. The van der Waals surface area contributed by atoms with Crippen LogP contribution in [0.15, 0.2) is 18.5 Å². The van der Waals surface area contributed by atoms with Crippen LogP contribution in [-0.2, 0) is 0 Å². The van der Waals surface area contributed by atoms with E-state index in [1.165, 1.54) is 19.3 Å². The maximum atomic E-state index is 5.67.